The number of halogens is 2. The van der Waals surface area contributed by atoms with Crippen LogP contribution in [0.3, 0.4) is 0 Å². The quantitative estimate of drug-likeness (QED) is 0.121. The summed E-state index contributed by atoms with van der Waals surface area (Å²) in [5, 5.41) is 20.5. The highest BCUT2D eigenvalue weighted by Crippen LogP contribution is 2.52. The first kappa shape index (κ1) is 34.9. The van der Waals surface area contributed by atoms with E-state index in [2.05, 4.69) is 67.9 Å². The van der Waals surface area contributed by atoms with Crippen LogP contribution in [0.5, 0.6) is 0 Å². The number of pyridine rings is 1. The molecule has 1 aliphatic carbocycles. The number of aliphatic carboxylic acids is 1. The summed E-state index contributed by atoms with van der Waals surface area (Å²) in [6.45, 7) is 3.70. The van der Waals surface area contributed by atoms with Gasteiger partial charge in [-0.1, -0.05) is 78.3 Å². The highest BCUT2D eigenvalue weighted by atomic mass is 35.5. The minimum absolute atomic E-state index is 0.0856. The van der Waals surface area contributed by atoms with Crippen molar-refractivity contribution in [2.45, 2.75) is 57.7 Å². The second-order valence-corrected chi connectivity index (χ2v) is 12.2. The van der Waals surface area contributed by atoms with Crippen LogP contribution < -0.4 is 0 Å². The number of benzene rings is 3. The molecule has 230 valence electrons. The average Bonchev–Trinajstić information content (AvgIpc) is 3.65. The van der Waals surface area contributed by atoms with Gasteiger partial charge in [-0.3, -0.25) is 4.79 Å². The molecule has 3 aromatic carbocycles. The van der Waals surface area contributed by atoms with Crippen LogP contribution in [0.4, 0.5) is 4.39 Å². The van der Waals surface area contributed by atoms with E-state index in [1.54, 1.807) is 0 Å². The van der Waals surface area contributed by atoms with Crippen LogP contribution in [0.1, 0.15) is 61.1 Å². The lowest BCUT2D eigenvalue weighted by Crippen LogP contribution is -2.18. The van der Waals surface area contributed by atoms with Crippen LogP contribution in [0, 0.1) is 18.3 Å². The maximum Gasteiger partial charge on any atom is 0.304 e. The second kappa shape index (κ2) is 15.9. The molecule has 5 rings (SSSR count). The standard InChI is InChI=1S/C29H28ClNO.C6H9FO2S.C2H2/c1-29(2,32)27-12-4-3-10-23(27)11-6-9-21-7-5-8-22(19-21)13-17-26-18-15-24-14-16-25(30)20-28(24)31-26;7-4-1-6(4,3-10)2-5(8)9;1-2/h3-5,7-8,10,12-20,32H,6,9,11H2,1-2H3;4,10H,1-3H2,(H,8,9);1-2H/b17-13+;;. The van der Waals surface area contributed by atoms with E-state index in [1.807, 2.05) is 62.4 Å². The maximum atomic E-state index is 12.5. The molecule has 44 heavy (non-hydrogen) atoms. The number of alkyl halides is 1. The van der Waals surface area contributed by atoms with E-state index in [-0.39, 0.29) is 6.42 Å². The monoisotopic (exact) mass is 631 g/mol. The molecule has 0 bridgehead atoms. The number of carbonyl (C=O) groups is 1. The summed E-state index contributed by atoms with van der Waals surface area (Å²) in [7, 11) is 0. The van der Waals surface area contributed by atoms with Crippen molar-refractivity contribution in [1.29, 1.82) is 0 Å². The van der Waals surface area contributed by atoms with Gasteiger partial charge >= 0.3 is 5.97 Å². The third kappa shape index (κ3) is 9.95. The number of terminal acetylenes is 1. The van der Waals surface area contributed by atoms with Gasteiger partial charge < -0.3 is 10.2 Å². The Bertz CT molecular complexity index is 1610. The molecule has 1 heterocycles. The van der Waals surface area contributed by atoms with Gasteiger partial charge in [0, 0.05) is 15.8 Å². The number of rotatable bonds is 10. The summed E-state index contributed by atoms with van der Waals surface area (Å²) in [5.41, 5.74) is 5.07. The number of hydrogen-bond acceptors (Lipinski definition) is 4. The second-order valence-electron chi connectivity index (χ2n) is 11.5. The molecule has 1 saturated carbocycles. The molecule has 0 spiro atoms. The number of aryl methyl sites for hydroxylation is 2. The van der Waals surface area contributed by atoms with Crippen molar-refractivity contribution in [2.75, 3.05) is 5.75 Å². The van der Waals surface area contributed by atoms with Gasteiger partial charge in [0.05, 0.1) is 23.2 Å². The molecule has 0 saturated heterocycles. The van der Waals surface area contributed by atoms with Crippen LogP contribution in [-0.4, -0.2) is 33.1 Å². The summed E-state index contributed by atoms with van der Waals surface area (Å²) in [6, 6.07) is 26.7. The Kier molecular flexibility index (Phi) is 12.6. The fraction of sp³-hybridized carbons (Fsp3) is 0.297. The molecule has 1 aliphatic rings. The average molecular weight is 632 g/mol. The number of aromatic nitrogens is 1. The SMILES string of the molecule is C#C.CC(C)(O)c1ccccc1CCCc1cccc(/C=C/c2ccc3ccc(Cl)cc3n2)c1.O=C(O)CC1(CS)CC1F. The molecule has 0 radical (unpaired) electrons. The molecule has 7 heteroatoms. The minimum atomic E-state index is -0.943. The number of thiol groups is 1. The summed E-state index contributed by atoms with van der Waals surface area (Å²) in [5.74, 6) is -0.602. The molecule has 1 fully saturated rings. The third-order valence-electron chi connectivity index (χ3n) is 7.57. The Morgan fingerprint density at radius 3 is 2.41 bits per heavy atom. The summed E-state index contributed by atoms with van der Waals surface area (Å²) in [4.78, 5) is 14.9. The highest BCUT2D eigenvalue weighted by Gasteiger charge is 2.55. The molecule has 1 aromatic heterocycles. The molecule has 4 nitrogen and oxygen atoms in total. The van der Waals surface area contributed by atoms with Gasteiger partial charge in [0.25, 0.3) is 0 Å². The fourth-order valence-corrected chi connectivity index (χ4v) is 5.66. The lowest BCUT2D eigenvalue weighted by Gasteiger charge is -2.21. The van der Waals surface area contributed by atoms with Crippen molar-refractivity contribution in [2.24, 2.45) is 5.41 Å². The van der Waals surface area contributed by atoms with Gasteiger partial charge in [0.2, 0.25) is 0 Å². The van der Waals surface area contributed by atoms with E-state index in [1.165, 1.54) is 11.1 Å². The highest BCUT2D eigenvalue weighted by molar-refractivity contribution is 7.80. The van der Waals surface area contributed by atoms with Gasteiger partial charge in [-0.05, 0) is 91.8 Å². The number of aliphatic hydroxyl groups is 1. The molecule has 2 N–H and O–H groups in total. The lowest BCUT2D eigenvalue weighted by atomic mass is 9.90. The first-order valence-electron chi connectivity index (χ1n) is 14.4. The van der Waals surface area contributed by atoms with Crippen LogP contribution in [0.25, 0.3) is 23.1 Å². The zero-order valence-electron chi connectivity index (χ0n) is 25.1. The zero-order valence-corrected chi connectivity index (χ0v) is 26.7. The van der Waals surface area contributed by atoms with E-state index in [4.69, 9.17) is 21.7 Å². The molecule has 2 atom stereocenters. The first-order chi connectivity index (χ1) is 21.0. The Morgan fingerprint density at radius 1 is 1.07 bits per heavy atom. The van der Waals surface area contributed by atoms with E-state index in [0.717, 1.165) is 47.0 Å². The molecule has 0 amide bonds. The largest absolute Gasteiger partial charge is 0.481 e. The van der Waals surface area contributed by atoms with Crippen LogP contribution in [0.2, 0.25) is 5.02 Å². The van der Waals surface area contributed by atoms with Crippen LogP contribution >= 0.6 is 24.2 Å². The Labute approximate surface area is 270 Å². The van der Waals surface area contributed by atoms with Crippen molar-refractivity contribution in [3.8, 4) is 12.8 Å². The molecular formula is C37H39ClFNO3S. The van der Waals surface area contributed by atoms with Crippen molar-refractivity contribution >= 4 is 53.3 Å². The molecule has 0 aliphatic heterocycles. The smallest absolute Gasteiger partial charge is 0.304 e. The van der Waals surface area contributed by atoms with Crippen molar-refractivity contribution in [1.82, 2.24) is 4.98 Å². The van der Waals surface area contributed by atoms with Crippen LogP contribution in [-0.2, 0) is 23.2 Å². The number of nitrogens with zero attached hydrogens (tertiary/aromatic N) is 1. The first-order valence-corrected chi connectivity index (χ1v) is 15.4. The maximum absolute atomic E-state index is 12.5. The third-order valence-corrected chi connectivity index (χ3v) is 8.43. The van der Waals surface area contributed by atoms with Crippen molar-refractivity contribution < 1.29 is 19.4 Å². The van der Waals surface area contributed by atoms with Gasteiger partial charge in [-0.25, -0.2) is 9.37 Å². The zero-order chi connectivity index (χ0) is 32.3. The summed E-state index contributed by atoms with van der Waals surface area (Å²) < 4.78 is 12.5. The number of carboxylic acids is 1. The fourth-order valence-electron chi connectivity index (χ4n) is 5.05. The van der Waals surface area contributed by atoms with E-state index >= 15 is 0 Å². The Hall–Kier alpha value is -3.63. The predicted octanol–water partition coefficient (Wildman–Crippen LogP) is 8.83. The van der Waals surface area contributed by atoms with Gasteiger partial charge in [-0.2, -0.15) is 12.6 Å². The normalized spacial score (nSPS) is 17.3. The lowest BCUT2D eigenvalue weighted by molar-refractivity contribution is -0.138. The van der Waals surface area contributed by atoms with E-state index in [0.29, 0.717) is 17.2 Å². The summed E-state index contributed by atoms with van der Waals surface area (Å²) in [6.07, 6.45) is 14.5. The Balaban J connectivity index is 0.000000372. The van der Waals surface area contributed by atoms with Gasteiger partial charge in [0.15, 0.2) is 0 Å². The molecule has 4 aromatic rings. The number of fused-ring (bicyclic) bond motifs is 1. The molecule has 2 unspecified atom stereocenters. The molecular weight excluding hydrogens is 593 g/mol. The van der Waals surface area contributed by atoms with Crippen molar-refractivity contribution in [3.63, 3.8) is 0 Å². The van der Waals surface area contributed by atoms with Gasteiger partial charge in [0.1, 0.15) is 6.17 Å². The van der Waals surface area contributed by atoms with E-state index in [9.17, 15) is 14.3 Å². The Morgan fingerprint density at radius 2 is 1.77 bits per heavy atom. The minimum Gasteiger partial charge on any atom is -0.481 e. The van der Waals surface area contributed by atoms with Crippen molar-refractivity contribution in [3.05, 3.63) is 112 Å². The topological polar surface area (TPSA) is 70.4 Å². The van der Waals surface area contributed by atoms with E-state index < -0.39 is 23.2 Å². The number of hydrogen-bond donors (Lipinski definition) is 3. The van der Waals surface area contributed by atoms with Gasteiger partial charge in [-0.15, -0.1) is 12.8 Å². The van der Waals surface area contributed by atoms with Crippen LogP contribution in [0.15, 0.2) is 78.9 Å². The number of carboxylic acid groups (broad SMARTS) is 1. The predicted molar refractivity (Wildman–Crippen MR) is 184 cm³/mol. The summed E-state index contributed by atoms with van der Waals surface area (Å²) >= 11 is 10.00.